The van der Waals surface area contributed by atoms with Crippen molar-refractivity contribution in [1.29, 1.82) is 0 Å². The van der Waals surface area contributed by atoms with Crippen molar-refractivity contribution < 1.29 is 14.3 Å². The van der Waals surface area contributed by atoms with E-state index in [1.807, 2.05) is 79.4 Å². The molecule has 6 nitrogen and oxygen atoms in total. The Bertz CT molecular complexity index is 1300. The summed E-state index contributed by atoms with van der Waals surface area (Å²) in [5.74, 6) is 1.05. The van der Waals surface area contributed by atoms with Gasteiger partial charge in [0.2, 0.25) is 5.91 Å². The molecule has 2 aromatic carbocycles. The maximum atomic E-state index is 13.9. The molecule has 0 unspecified atom stereocenters. The van der Waals surface area contributed by atoms with Gasteiger partial charge in [0.05, 0.1) is 24.5 Å². The van der Waals surface area contributed by atoms with Gasteiger partial charge in [-0.15, -0.1) is 0 Å². The highest BCUT2D eigenvalue weighted by molar-refractivity contribution is 6.06. The van der Waals surface area contributed by atoms with Crippen LogP contribution in [0.3, 0.4) is 0 Å². The predicted octanol–water partition coefficient (Wildman–Crippen LogP) is 6.04. The zero-order chi connectivity index (χ0) is 25.2. The summed E-state index contributed by atoms with van der Waals surface area (Å²) >= 11 is 0. The van der Waals surface area contributed by atoms with Crippen LogP contribution in [0.5, 0.6) is 5.75 Å². The summed E-state index contributed by atoms with van der Waals surface area (Å²) in [6, 6.07) is 19.0. The molecular formula is C30H31N3O3. The van der Waals surface area contributed by atoms with Crippen LogP contribution in [0.15, 0.2) is 84.3 Å². The first-order valence-corrected chi connectivity index (χ1v) is 12.4. The third-order valence-electron chi connectivity index (χ3n) is 6.93. The summed E-state index contributed by atoms with van der Waals surface area (Å²) in [4.78, 5) is 33.9. The number of carbonyl (C=O) groups is 2. The van der Waals surface area contributed by atoms with E-state index in [0.29, 0.717) is 24.8 Å². The number of nitrogens with one attached hydrogen (secondary N) is 1. The third-order valence-corrected chi connectivity index (χ3v) is 6.93. The minimum Gasteiger partial charge on any atom is -0.497 e. The van der Waals surface area contributed by atoms with Gasteiger partial charge in [0.15, 0.2) is 5.78 Å². The summed E-state index contributed by atoms with van der Waals surface area (Å²) in [5, 5.41) is 3.57. The molecule has 0 spiro atoms. The molecule has 2 atom stereocenters. The number of para-hydroxylation sites is 2. The Morgan fingerprint density at radius 3 is 2.53 bits per heavy atom. The first kappa shape index (κ1) is 23.8. The number of fused-ring (bicyclic) bond motifs is 1. The number of benzene rings is 2. The van der Waals surface area contributed by atoms with E-state index in [2.05, 4.69) is 10.3 Å². The molecule has 1 aromatic heterocycles. The van der Waals surface area contributed by atoms with Crippen molar-refractivity contribution in [3.8, 4) is 5.75 Å². The first-order valence-electron chi connectivity index (χ1n) is 12.4. The van der Waals surface area contributed by atoms with E-state index in [1.165, 1.54) is 0 Å². The highest BCUT2D eigenvalue weighted by atomic mass is 16.5. The SMILES string of the molecule is COc1ccc([C@H]2CC(=O)C3=C(C2)Nc2ccccc2N(C(=O)CC(C)C)[C@H]3c2cccnc2)cc1. The number of methoxy groups -OCH3 is 1. The number of ketones is 1. The Kier molecular flexibility index (Phi) is 6.59. The lowest BCUT2D eigenvalue weighted by molar-refractivity contribution is -0.119. The monoisotopic (exact) mass is 481 g/mol. The molecule has 184 valence electrons. The van der Waals surface area contributed by atoms with Gasteiger partial charge in [-0.1, -0.05) is 44.2 Å². The Labute approximate surface area is 212 Å². The second-order valence-corrected chi connectivity index (χ2v) is 9.89. The molecular weight excluding hydrogens is 450 g/mol. The zero-order valence-corrected chi connectivity index (χ0v) is 20.9. The van der Waals surface area contributed by atoms with E-state index in [4.69, 9.17) is 4.74 Å². The molecule has 3 aromatic rings. The molecule has 0 saturated heterocycles. The number of nitrogens with zero attached hydrogens (tertiary/aromatic N) is 2. The van der Waals surface area contributed by atoms with Crippen molar-refractivity contribution >= 4 is 23.1 Å². The van der Waals surface area contributed by atoms with E-state index < -0.39 is 6.04 Å². The Hall–Kier alpha value is -3.93. The fourth-order valence-corrected chi connectivity index (χ4v) is 5.28. The van der Waals surface area contributed by atoms with Crippen LogP contribution in [0.25, 0.3) is 0 Å². The summed E-state index contributed by atoms with van der Waals surface area (Å²) < 4.78 is 5.31. The second kappa shape index (κ2) is 9.97. The molecule has 1 aliphatic carbocycles. The number of ether oxygens (including phenoxy) is 1. The van der Waals surface area contributed by atoms with Crippen molar-refractivity contribution in [2.45, 2.75) is 45.1 Å². The van der Waals surface area contributed by atoms with Crippen LogP contribution in [-0.4, -0.2) is 23.8 Å². The largest absolute Gasteiger partial charge is 0.497 e. The lowest BCUT2D eigenvalue weighted by atomic mass is 9.78. The minimum absolute atomic E-state index is 0.00747. The number of carbonyl (C=O) groups excluding carboxylic acids is 2. The normalized spacial score (nSPS) is 19.3. The number of Topliss-reactive ketones (excluding diaryl/α,β-unsaturated/α-hetero) is 1. The molecule has 2 aliphatic rings. The average molecular weight is 482 g/mol. The summed E-state index contributed by atoms with van der Waals surface area (Å²) in [7, 11) is 1.65. The third kappa shape index (κ3) is 4.51. The van der Waals surface area contributed by atoms with Gasteiger partial charge >= 0.3 is 0 Å². The molecule has 1 aliphatic heterocycles. The standard InChI is InChI=1S/C30H31N3O3/c1-19(2)15-28(35)33-26-9-5-4-8-24(26)32-25-16-22(20-10-12-23(36-3)13-11-20)17-27(34)29(25)30(33)21-7-6-14-31-18-21/h4-14,18-19,22,30,32H,15-17H2,1-3H3/t22-,30+/m1/s1. The number of aromatic nitrogens is 1. The molecule has 5 rings (SSSR count). The lowest BCUT2D eigenvalue weighted by Gasteiger charge is -2.35. The van der Waals surface area contributed by atoms with Crippen LogP contribution in [-0.2, 0) is 9.59 Å². The molecule has 0 fully saturated rings. The van der Waals surface area contributed by atoms with Crippen LogP contribution >= 0.6 is 0 Å². The van der Waals surface area contributed by atoms with E-state index in [9.17, 15) is 9.59 Å². The molecule has 2 heterocycles. The highest BCUT2D eigenvalue weighted by Crippen LogP contribution is 2.47. The zero-order valence-electron chi connectivity index (χ0n) is 20.9. The van der Waals surface area contributed by atoms with Gasteiger partial charge in [-0.25, -0.2) is 0 Å². The van der Waals surface area contributed by atoms with Crippen LogP contribution in [0.2, 0.25) is 0 Å². The quantitative estimate of drug-likeness (QED) is 0.481. The molecule has 1 amide bonds. The first-order chi connectivity index (χ1) is 17.5. The Morgan fingerprint density at radius 2 is 1.83 bits per heavy atom. The van der Waals surface area contributed by atoms with Gasteiger partial charge in [0.25, 0.3) is 0 Å². The molecule has 36 heavy (non-hydrogen) atoms. The molecule has 0 saturated carbocycles. The van der Waals surface area contributed by atoms with Gasteiger partial charge in [-0.3, -0.25) is 19.5 Å². The molecule has 0 radical (unpaired) electrons. The lowest BCUT2D eigenvalue weighted by Crippen LogP contribution is -2.39. The number of rotatable bonds is 5. The fourth-order valence-electron chi connectivity index (χ4n) is 5.28. The van der Waals surface area contributed by atoms with Crippen LogP contribution < -0.4 is 15.0 Å². The Balaban J connectivity index is 1.66. The number of hydrogen-bond donors (Lipinski definition) is 1. The van der Waals surface area contributed by atoms with E-state index in [1.54, 1.807) is 19.5 Å². The van der Waals surface area contributed by atoms with Crippen LogP contribution in [0.1, 0.15) is 56.2 Å². The van der Waals surface area contributed by atoms with Gasteiger partial charge < -0.3 is 10.1 Å². The number of pyridine rings is 1. The van der Waals surface area contributed by atoms with Crippen LogP contribution in [0, 0.1) is 5.92 Å². The van der Waals surface area contributed by atoms with Crippen molar-refractivity contribution in [3.05, 3.63) is 95.5 Å². The maximum Gasteiger partial charge on any atom is 0.228 e. The maximum absolute atomic E-state index is 13.9. The highest BCUT2D eigenvalue weighted by Gasteiger charge is 2.41. The van der Waals surface area contributed by atoms with E-state index in [-0.39, 0.29) is 23.5 Å². The van der Waals surface area contributed by atoms with E-state index >= 15 is 0 Å². The van der Waals surface area contributed by atoms with Crippen LogP contribution in [0.4, 0.5) is 11.4 Å². The average Bonchev–Trinajstić information content (AvgIpc) is 3.03. The summed E-state index contributed by atoms with van der Waals surface area (Å²) in [5.41, 5.74) is 5.06. The topological polar surface area (TPSA) is 71.5 Å². The molecule has 0 bridgehead atoms. The summed E-state index contributed by atoms with van der Waals surface area (Å²) in [6.07, 6.45) is 4.92. The van der Waals surface area contributed by atoms with Crippen molar-refractivity contribution in [2.75, 3.05) is 17.3 Å². The minimum atomic E-state index is -0.541. The molecule has 6 heteroatoms. The van der Waals surface area contributed by atoms with E-state index in [0.717, 1.165) is 33.9 Å². The molecule has 1 N–H and O–H groups in total. The Morgan fingerprint density at radius 1 is 1.06 bits per heavy atom. The number of anilines is 2. The van der Waals surface area contributed by atoms with Gasteiger partial charge in [0.1, 0.15) is 5.75 Å². The second-order valence-electron chi connectivity index (χ2n) is 9.89. The van der Waals surface area contributed by atoms with Crippen molar-refractivity contribution in [2.24, 2.45) is 5.92 Å². The number of hydrogen-bond acceptors (Lipinski definition) is 5. The fraction of sp³-hybridized carbons (Fsp3) is 0.300. The van der Waals surface area contributed by atoms with Gasteiger partial charge in [0, 0.05) is 36.5 Å². The number of allylic oxidation sites excluding steroid dienone is 1. The van der Waals surface area contributed by atoms with Crippen molar-refractivity contribution in [3.63, 3.8) is 0 Å². The van der Waals surface area contributed by atoms with Gasteiger partial charge in [-0.05, 0) is 59.7 Å². The summed E-state index contributed by atoms with van der Waals surface area (Å²) in [6.45, 7) is 4.07. The smallest absolute Gasteiger partial charge is 0.228 e. The van der Waals surface area contributed by atoms with Crippen molar-refractivity contribution in [1.82, 2.24) is 4.98 Å². The number of amides is 1. The predicted molar refractivity (Wildman–Crippen MR) is 141 cm³/mol. The van der Waals surface area contributed by atoms with Gasteiger partial charge in [-0.2, -0.15) is 0 Å².